The summed E-state index contributed by atoms with van der Waals surface area (Å²) in [7, 11) is 0. The van der Waals surface area contributed by atoms with Crippen molar-refractivity contribution in [3.8, 4) is 0 Å². The van der Waals surface area contributed by atoms with E-state index in [9.17, 15) is 0 Å². The monoisotopic (exact) mass is 1010 g/mol. The first-order valence-electron chi connectivity index (χ1n) is 19.3. The van der Waals surface area contributed by atoms with E-state index in [0.717, 1.165) is 67.2 Å². The van der Waals surface area contributed by atoms with Crippen molar-refractivity contribution in [2.45, 2.75) is 0 Å². The van der Waals surface area contributed by atoms with Crippen molar-refractivity contribution in [3.05, 3.63) is 196 Å². The SMILES string of the molecule is C(=C1\N=Nc2ccccc2[N-]1)/c1nnc2ccccc2n1.C(=C1\N=Nc2ccccc2[N-]1)/c1nnc2ccccc2n1.C(=C1\N=Nc2ccccc2[N-]1)/c1nnc2ccccc2n1.[Ir+3]. The maximum atomic E-state index is 4.41. The third-order valence-corrected chi connectivity index (χ3v) is 9.04. The average Bonchev–Trinajstić information content (AvgIpc) is 3.34. The molecule has 0 N–H and O–H groups in total. The topological polar surface area (TPSA) is 232 Å². The van der Waals surface area contributed by atoms with Gasteiger partial charge in [0.1, 0.15) is 16.6 Å². The molecule has 6 heterocycles. The molecule has 0 spiro atoms. The predicted molar refractivity (Wildman–Crippen MR) is 238 cm³/mol. The zero-order valence-corrected chi connectivity index (χ0v) is 35.4. The second kappa shape index (κ2) is 18.9. The first-order chi connectivity index (χ1) is 31.1. The summed E-state index contributed by atoms with van der Waals surface area (Å²) < 4.78 is 0. The Hall–Kier alpha value is -8.80. The van der Waals surface area contributed by atoms with E-state index >= 15 is 0 Å². The maximum Gasteiger partial charge on any atom is 3.00 e. The molecule has 0 unspecified atom stereocenters. The van der Waals surface area contributed by atoms with Crippen molar-refractivity contribution in [1.29, 1.82) is 0 Å². The molecule has 0 atom stereocenters. The standard InChI is InChI=1S/3C15H9N6.Ir/c3*1-3-7-12-10(5-1)16-14(20-18-12)9-15-17-11-6-2-4-8-13(11)19-21-15;/h3*1-9H;/q3*-1;+3/b3*14-9+;. The average molecular weight is 1010 g/mol. The van der Waals surface area contributed by atoms with Gasteiger partial charge in [-0.05, 0) is 107 Å². The van der Waals surface area contributed by atoms with Crippen LogP contribution in [0.2, 0.25) is 0 Å². The number of rotatable bonds is 3. The van der Waals surface area contributed by atoms with E-state index in [1.807, 2.05) is 146 Å². The normalized spacial score (nSPS) is 14.7. The molecule has 64 heavy (non-hydrogen) atoms. The molecular weight excluding hydrogens is 985 g/mol. The number of nitrogens with zero attached hydrogens (tertiary/aromatic N) is 18. The van der Waals surface area contributed by atoms with Crippen LogP contribution in [0.25, 0.3) is 67.3 Å². The molecule has 18 nitrogen and oxygen atoms in total. The molecule has 0 saturated heterocycles. The van der Waals surface area contributed by atoms with E-state index in [1.54, 1.807) is 18.2 Å². The second-order valence-electron chi connectivity index (χ2n) is 13.4. The first kappa shape index (κ1) is 40.6. The molecule has 0 aliphatic carbocycles. The Morgan fingerprint density at radius 3 is 0.859 bits per heavy atom. The number of para-hydroxylation sites is 6. The van der Waals surface area contributed by atoms with Crippen LogP contribution in [0.5, 0.6) is 0 Å². The molecule has 0 saturated carbocycles. The van der Waals surface area contributed by atoms with Gasteiger partial charge < -0.3 is 31.3 Å². The Morgan fingerprint density at radius 2 is 0.547 bits per heavy atom. The van der Waals surface area contributed by atoms with Gasteiger partial charge in [0.05, 0.1) is 33.6 Å². The van der Waals surface area contributed by atoms with Gasteiger partial charge in [0.2, 0.25) is 0 Å². The Morgan fingerprint density at radius 1 is 0.281 bits per heavy atom. The molecular formula is C45H27IrN18. The minimum atomic E-state index is 0. The largest absolute Gasteiger partial charge is 3.00 e. The molecule has 19 heteroatoms. The summed E-state index contributed by atoms with van der Waals surface area (Å²) in [5.74, 6) is 2.78. The van der Waals surface area contributed by atoms with Gasteiger partial charge in [0.15, 0.2) is 17.5 Å². The quantitative estimate of drug-likeness (QED) is 0.163. The third-order valence-electron chi connectivity index (χ3n) is 9.04. The fourth-order valence-electron chi connectivity index (χ4n) is 6.08. The zero-order chi connectivity index (χ0) is 42.2. The van der Waals surface area contributed by atoms with Crippen molar-refractivity contribution in [3.63, 3.8) is 0 Å². The fraction of sp³-hybridized carbons (Fsp3) is 0. The molecule has 6 aromatic carbocycles. The summed E-state index contributed by atoms with van der Waals surface area (Å²) in [6.45, 7) is 0. The van der Waals surface area contributed by atoms with E-state index in [-0.39, 0.29) is 20.1 Å². The third kappa shape index (κ3) is 9.55. The van der Waals surface area contributed by atoms with Crippen LogP contribution < -0.4 is 0 Å². The van der Waals surface area contributed by atoms with Gasteiger partial charge in [-0.2, -0.15) is 0 Å². The predicted octanol–water partition coefficient (Wildman–Crippen LogP) is 12.4. The van der Waals surface area contributed by atoms with Crippen molar-refractivity contribution >= 4 is 85.5 Å². The number of aromatic nitrogens is 9. The fourth-order valence-corrected chi connectivity index (χ4v) is 6.08. The van der Waals surface area contributed by atoms with Crippen LogP contribution in [0.15, 0.2) is 194 Å². The molecule has 306 valence electrons. The van der Waals surface area contributed by atoms with Crippen LogP contribution in [0, 0.1) is 0 Å². The first-order valence-corrected chi connectivity index (χ1v) is 19.3. The van der Waals surface area contributed by atoms with Crippen LogP contribution in [0.3, 0.4) is 0 Å². The van der Waals surface area contributed by atoms with E-state index < -0.39 is 0 Å². The van der Waals surface area contributed by atoms with E-state index in [4.69, 9.17) is 0 Å². The van der Waals surface area contributed by atoms with Gasteiger partial charge in [0.25, 0.3) is 0 Å². The number of azo groups is 3. The maximum absolute atomic E-state index is 4.41. The van der Waals surface area contributed by atoms with Crippen LogP contribution in [-0.2, 0) is 20.1 Å². The molecule has 3 aliphatic rings. The van der Waals surface area contributed by atoms with E-state index in [0.29, 0.717) is 34.9 Å². The Kier molecular flexibility index (Phi) is 12.0. The molecule has 0 amide bonds. The summed E-state index contributed by atoms with van der Waals surface area (Å²) in [6.07, 6.45) is 5.00. The van der Waals surface area contributed by atoms with Crippen molar-refractivity contribution in [2.75, 3.05) is 0 Å². The summed E-state index contributed by atoms with van der Waals surface area (Å²) in [5.41, 5.74) is 9.25. The van der Waals surface area contributed by atoms with Gasteiger partial charge >= 0.3 is 20.1 Å². The summed E-state index contributed by atoms with van der Waals surface area (Å²) in [5, 5.41) is 62.3. The van der Waals surface area contributed by atoms with Crippen LogP contribution in [0.4, 0.5) is 34.1 Å². The molecule has 0 fully saturated rings. The molecule has 9 aromatic rings. The van der Waals surface area contributed by atoms with E-state index in [2.05, 4.69) is 92.2 Å². The summed E-state index contributed by atoms with van der Waals surface area (Å²) in [6, 6.07) is 45.4. The summed E-state index contributed by atoms with van der Waals surface area (Å²) in [4.78, 5) is 13.2. The van der Waals surface area contributed by atoms with Crippen LogP contribution >= 0.6 is 0 Å². The molecule has 0 radical (unpaired) electrons. The number of hydrogen-bond acceptors (Lipinski definition) is 15. The molecule has 3 aliphatic heterocycles. The molecule has 12 rings (SSSR count). The summed E-state index contributed by atoms with van der Waals surface area (Å²) >= 11 is 0. The van der Waals surface area contributed by atoms with Gasteiger partial charge in [-0.25, -0.2) is 15.0 Å². The minimum Gasteiger partial charge on any atom is -0.433 e. The second-order valence-corrected chi connectivity index (χ2v) is 13.4. The van der Waals surface area contributed by atoms with Crippen LogP contribution in [0.1, 0.15) is 17.5 Å². The minimum absolute atomic E-state index is 0. The van der Waals surface area contributed by atoms with Crippen molar-refractivity contribution in [2.24, 2.45) is 30.7 Å². The number of hydrogen-bond donors (Lipinski definition) is 0. The van der Waals surface area contributed by atoms with Gasteiger partial charge in [-0.15, -0.1) is 30.6 Å². The van der Waals surface area contributed by atoms with Gasteiger partial charge in [-0.1, -0.05) is 91.0 Å². The Balaban J connectivity index is 0.000000121. The Bertz CT molecular complexity index is 3010. The van der Waals surface area contributed by atoms with Crippen LogP contribution in [-0.4, -0.2) is 45.5 Å². The van der Waals surface area contributed by atoms with Gasteiger partial charge in [-0.3, -0.25) is 15.3 Å². The Labute approximate surface area is 376 Å². The molecule has 0 bridgehead atoms. The van der Waals surface area contributed by atoms with Crippen molar-refractivity contribution < 1.29 is 20.1 Å². The zero-order valence-electron chi connectivity index (χ0n) is 33.0. The van der Waals surface area contributed by atoms with Gasteiger partial charge in [0, 0.05) is 0 Å². The smallest absolute Gasteiger partial charge is 0.433 e. The van der Waals surface area contributed by atoms with Crippen molar-refractivity contribution in [1.82, 2.24) is 45.5 Å². The molecule has 3 aromatic heterocycles. The number of benzene rings is 6. The number of fused-ring (bicyclic) bond motifs is 6. The van der Waals surface area contributed by atoms with E-state index in [1.165, 1.54) is 0 Å².